The van der Waals surface area contributed by atoms with Crippen LogP contribution in [-0.4, -0.2) is 10.9 Å². The van der Waals surface area contributed by atoms with Crippen molar-refractivity contribution in [3.8, 4) is 0 Å². The van der Waals surface area contributed by atoms with E-state index in [0.29, 0.717) is 16.9 Å². The minimum absolute atomic E-state index is 0.00795. The van der Waals surface area contributed by atoms with Crippen LogP contribution >= 0.6 is 0 Å². The van der Waals surface area contributed by atoms with Gasteiger partial charge < -0.3 is 4.74 Å². The number of hydrogen-bond acceptors (Lipinski definition) is 4. The number of esters is 1. The summed E-state index contributed by atoms with van der Waals surface area (Å²) in [6.07, 6.45) is 3.16. The zero-order valence-corrected chi connectivity index (χ0v) is 9.04. The average molecular weight is 231 g/mol. The molecule has 0 aliphatic carbocycles. The molecule has 1 aromatic carbocycles. The van der Waals surface area contributed by atoms with Gasteiger partial charge in [0.2, 0.25) is 0 Å². The Labute approximate surface area is 97.2 Å². The maximum absolute atomic E-state index is 11.3. The highest BCUT2D eigenvalue weighted by Crippen LogP contribution is 2.21. The highest BCUT2D eigenvalue weighted by molar-refractivity contribution is 5.99. The molecular formula is C12H9NO4. The summed E-state index contributed by atoms with van der Waals surface area (Å²) in [6.45, 7) is 1.67. The van der Waals surface area contributed by atoms with Gasteiger partial charge in [-0.3, -0.25) is 10.1 Å². The number of non-ortho nitro benzene ring substituents is 1. The maximum atomic E-state index is 11.3. The largest absolute Gasteiger partial charge is 0.428 e. The van der Waals surface area contributed by atoms with E-state index in [1.807, 2.05) is 0 Å². The van der Waals surface area contributed by atoms with Crippen LogP contribution in [0.15, 0.2) is 41.7 Å². The lowest BCUT2D eigenvalue weighted by Crippen LogP contribution is -1.96. The Morgan fingerprint density at radius 2 is 2.18 bits per heavy atom. The molecule has 5 nitrogen and oxygen atoms in total. The quantitative estimate of drug-likeness (QED) is 0.339. The average Bonchev–Trinajstić information content (AvgIpc) is 2.58. The van der Waals surface area contributed by atoms with Crippen LogP contribution in [0, 0.1) is 10.1 Å². The van der Waals surface area contributed by atoms with E-state index in [-0.39, 0.29) is 5.69 Å². The van der Waals surface area contributed by atoms with Crippen LogP contribution in [0.5, 0.6) is 0 Å². The van der Waals surface area contributed by atoms with Crippen molar-refractivity contribution >= 4 is 17.7 Å². The summed E-state index contributed by atoms with van der Waals surface area (Å²) in [5.41, 5.74) is 0.978. The number of ether oxygens (including phenoxy) is 1. The molecule has 0 unspecified atom stereocenters. The van der Waals surface area contributed by atoms with Crippen LogP contribution in [0.1, 0.15) is 12.5 Å². The third-order valence-corrected chi connectivity index (χ3v) is 2.25. The molecule has 0 atom stereocenters. The summed E-state index contributed by atoms with van der Waals surface area (Å²) in [7, 11) is 0. The van der Waals surface area contributed by atoms with Crippen molar-refractivity contribution in [3.05, 3.63) is 57.4 Å². The van der Waals surface area contributed by atoms with Gasteiger partial charge in [0.15, 0.2) is 0 Å². The number of rotatable bonds is 2. The van der Waals surface area contributed by atoms with Gasteiger partial charge in [0, 0.05) is 12.1 Å². The van der Waals surface area contributed by atoms with Crippen molar-refractivity contribution in [1.29, 1.82) is 0 Å². The van der Waals surface area contributed by atoms with Crippen LogP contribution in [0.3, 0.4) is 0 Å². The molecule has 0 N–H and O–H groups in total. The van der Waals surface area contributed by atoms with E-state index < -0.39 is 10.9 Å². The summed E-state index contributed by atoms with van der Waals surface area (Å²) < 4.78 is 4.84. The van der Waals surface area contributed by atoms with Crippen molar-refractivity contribution in [2.75, 3.05) is 0 Å². The van der Waals surface area contributed by atoms with Crippen LogP contribution in [0.25, 0.3) is 6.08 Å². The molecule has 0 amide bonds. The standard InChI is InChI=1S/C12H9NO4/c1-8-5-10(12(14)17-8)6-9-3-2-4-11(7-9)13(15)16/h2-7H,1H3. The molecule has 0 aromatic heterocycles. The number of nitro benzene ring substituents is 1. The molecule has 17 heavy (non-hydrogen) atoms. The molecular weight excluding hydrogens is 222 g/mol. The Morgan fingerprint density at radius 3 is 2.76 bits per heavy atom. The monoisotopic (exact) mass is 231 g/mol. The van der Waals surface area contributed by atoms with Crippen molar-refractivity contribution in [3.63, 3.8) is 0 Å². The van der Waals surface area contributed by atoms with Gasteiger partial charge in [-0.05, 0) is 24.6 Å². The van der Waals surface area contributed by atoms with Crippen LogP contribution < -0.4 is 0 Å². The predicted molar refractivity (Wildman–Crippen MR) is 60.9 cm³/mol. The van der Waals surface area contributed by atoms with Gasteiger partial charge in [-0.2, -0.15) is 0 Å². The molecule has 2 rings (SSSR count). The van der Waals surface area contributed by atoms with Crippen LogP contribution in [-0.2, 0) is 9.53 Å². The van der Waals surface area contributed by atoms with Crippen molar-refractivity contribution in [2.24, 2.45) is 0 Å². The first kappa shape index (κ1) is 11.1. The fourth-order valence-electron chi connectivity index (χ4n) is 1.52. The number of carbonyl (C=O) groups excluding carboxylic acids is 1. The minimum Gasteiger partial charge on any atom is -0.428 e. The van der Waals surface area contributed by atoms with Gasteiger partial charge in [-0.25, -0.2) is 4.79 Å². The Kier molecular flexibility index (Phi) is 2.74. The molecule has 0 radical (unpaired) electrons. The van der Waals surface area contributed by atoms with E-state index in [9.17, 15) is 14.9 Å². The lowest BCUT2D eigenvalue weighted by Gasteiger charge is -1.95. The fraction of sp³-hybridized carbons (Fsp3) is 0.0833. The lowest BCUT2D eigenvalue weighted by atomic mass is 10.1. The van der Waals surface area contributed by atoms with E-state index in [0.717, 1.165) is 0 Å². The Balaban J connectivity index is 2.36. The molecule has 0 bridgehead atoms. The first-order valence-electron chi connectivity index (χ1n) is 4.93. The molecule has 1 aliphatic rings. The molecule has 1 aromatic rings. The van der Waals surface area contributed by atoms with Gasteiger partial charge in [0.1, 0.15) is 5.76 Å². The normalized spacial score (nSPS) is 16.9. The summed E-state index contributed by atoms with van der Waals surface area (Å²) >= 11 is 0. The second-order valence-corrected chi connectivity index (χ2v) is 3.60. The Bertz CT molecular complexity index is 557. The molecule has 5 heteroatoms. The van der Waals surface area contributed by atoms with Crippen molar-refractivity contribution in [2.45, 2.75) is 6.92 Å². The zero-order valence-electron chi connectivity index (χ0n) is 9.04. The molecule has 0 saturated heterocycles. The molecule has 0 saturated carbocycles. The number of hydrogen-bond donors (Lipinski definition) is 0. The van der Waals surface area contributed by atoms with Gasteiger partial charge in [0.05, 0.1) is 10.5 Å². The highest BCUT2D eigenvalue weighted by Gasteiger charge is 2.17. The zero-order chi connectivity index (χ0) is 12.4. The van der Waals surface area contributed by atoms with E-state index in [2.05, 4.69) is 0 Å². The smallest absolute Gasteiger partial charge is 0.343 e. The molecule has 0 spiro atoms. The molecule has 0 fully saturated rings. The SMILES string of the molecule is CC1=CC(=Cc2cccc([N+](=O)[O-])c2)C(=O)O1. The number of benzene rings is 1. The number of nitrogens with zero attached hydrogens (tertiary/aromatic N) is 1. The van der Waals surface area contributed by atoms with E-state index >= 15 is 0 Å². The van der Waals surface area contributed by atoms with Gasteiger partial charge >= 0.3 is 5.97 Å². The number of carbonyl (C=O) groups is 1. The molecule has 1 heterocycles. The van der Waals surface area contributed by atoms with E-state index in [1.54, 1.807) is 31.2 Å². The van der Waals surface area contributed by atoms with Gasteiger partial charge in [-0.15, -0.1) is 0 Å². The van der Waals surface area contributed by atoms with E-state index in [4.69, 9.17) is 4.74 Å². The summed E-state index contributed by atoms with van der Waals surface area (Å²) in [5.74, 6) is 0.0840. The van der Waals surface area contributed by atoms with E-state index in [1.165, 1.54) is 12.1 Å². The lowest BCUT2D eigenvalue weighted by molar-refractivity contribution is -0.384. The summed E-state index contributed by atoms with van der Waals surface area (Å²) in [6, 6.07) is 6.06. The molecule has 1 aliphatic heterocycles. The molecule has 86 valence electrons. The predicted octanol–water partition coefficient (Wildman–Crippen LogP) is 2.44. The number of cyclic esters (lactones) is 1. The third kappa shape index (κ3) is 2.39. The summed E-state index contributed by atoms with van der Waals surface area (Å²) in [4.78, 5) is 21.4. The van der Waals surface area contributed by atoms with Gasteiger partial charge in [-0.1, -0.05) is 12.1 Å². The van der Waals surface area contributed by atoms with Gasteiger partial charge in [0.25, 0.3) is 5.69 Å². The first-order valence-corrected chi connectivity index (χ1v) is 4.93. The Morgan fingerprint density at radius 1 is 1.41 bits per heavy atom. The fourth-order valence-corrected chi connectivity index (χ4v) is 1.52. The summed E-state index contributed by atoms with van der Waals surface area (Å²) in [5, 5.41) is 10.6. The van der Waals surface area contributed by atoms with Crippen molar-refractivity contribution < 1.29 is 14.5 Å². The Hall–Kier alpha value is -2.43. The topological polar surface area (TPSA) is 69.4 Å². The minimum atomic E-state index is -0.476. The highest BCUT2D eigenvalue weighted by atomic mass is 16.6. The third-order valence-electron chi connectivity index (χ3n) is 2.25. The van der Waals surface area contributed by atoms with Crippen molar-refractivity contribution in [1.82, 2.24) is 0 Å². The number of nitro groups is 1. The second kappa shape index (κ2) is 4.21. The maximum Gasteiger partial charge on any atom is 0.343 e. The first-order chi connectivity index (χ1) is 8.06. The van der Waals surface area contributed by atoms with Crippen LogP contribution in [0.2, 0.25) is 0 Å². The van der Waals surface area contributed by atoms with Crippen LogP contribution in [0.4, 0.5) is 5.69 Å². The number of allylic oxidation sites excluding steroid dienone is 1. The second-order valence-electron chi connectivity index (χ2n) is 3.60.